The van der Waals surface area contributed by atoms with E-state index in [0.717, 1.165) is 5.56 Å². The average Bonchev–Trinajstić information content (AvgIpc) is 2.69. The number of guanidine groups is 1. The molecule has 0 radical (unpaired) electrons. The molecule has 138 valence electrons. The lowest BCUT2D eigenvalue weighted by atomic mass is 9.96. The molecule has 0 atom stereocenters. The van der Waals surface area contributed by atoms with Gasteiger partial charge in [-0.15, -0.1) is 0 Å². The van der Waals surface area contributed by atoms with Gasteiger partial charge in [-0.1, -0.05) is 73.9 Å². The molecule has 2 aromatic carbocycles. The summed E-state index contributed by atoms with van der Waals surface area (Å²) in [6, 6.07) is 19.1. The van der Waals surface area contributed by atoms with Gasteiger partial charge in [-0.3, -0.25) is 0 Å². The molecular formula is C22H29N3O. The first-order valence-electron chi connectivity index (χ1n) is 9.55. The molecule has 1 aliphatic rings. The van der Waals surface area contributed by atoms with Crippen molar-refractivity contribution in [1.82, 2.24) is 5.32 Å². The number of benzene rings is 2. The third-order valence-electron chi connectivity index (χ3n) is 4.79. The van der Waals surface area contributed by atoms with Gasteiger partial charge < -0.3 is 15.8 Å². The normalized spacial score (nSPS) is 15.8. The second kappa shape index (κ2) is 9.97. The molecule has 0 bridgehead atoms. The van der Waals surface area contributed by atoms with Crippen LogP contribution in [0, 0.1) is 0 Å². The van der Waals surface area contributed by atoms with E-state index in [9.17, 15) is 0 Å². The Hall–Kier alpha value is -2.33. The Kier molecular flexibility index (Phi) is 7.08. The van der Waals surface area contributed by atoms with Gasteiger partial charge in [0, 0.05) is 6.04 Å². The molecule has 0 heterocycles. The van der Waals surface area contributed by atoms with Gasteiger partial charge in [-0.2, -0.15) is 0 Å². The van der Waals surface area contributed by atoms with Crippen molar-refractivity contribution in [3.05, 3.63) is 71.3 Å². The van der Waals surface area contributed by atoms with Gasteiger partial charge in [-0.05, 0) is 29.5 Å². The van der Waals surface area contributed by atoms with Crippen molar-refractivity contribution in [2.45, 2.75) is 57.9 Å². The zero-order valence-electron chi connectivity index (χ0n) is 15.4. The maximum absolute atomic E-state index is 6.02. The zero-order valence-corrected chi connectivity index (χ0v) is 15.4. The lowest BCUT2D eigenvalue weighted by molar-refractivity contribution is 0.107. The van der Waals surface area contributed by atoms with Gasteiger partial charge >= 0.3 is 0 Å². The Balaban J connectivity index is 1.41. The zero-order chi connectivity index (χ0) is 18.0. The average molecular weight is 351 g/mol. The molecule has 4 heteroatoms. The standard InChI is InChI=1S/C22H29N3O/c23-22(25-21-9-5-2-6-10-21)24-15-18-11-13-20(14-12-18)17-26-16-19-7-3-1-4-8-19/h1,3-4,7-8,11-14,21H,2,5-6,9-10,15-17H2,(H3,23,24,25). The number of nitrogens with two attached hydrogens (primary N) is 1. The fourth-order valence-electron chi connectivity index (χ4n) is 3.28. The quantitative estimate of drug-likeness (QED) is 0.582. The van der Waals surface area contributed by atoms with E-state index < -0.39 is 0 Å². The Morgan fingerprint density at radius 3 is 2.19 bits per heavy atom. The summed E-state index contributed by atoms with van der Waals surface area (Å²) in [5.41, 5.74) is 9.54. The van der Waals surface area contributed by atoms with E-state index in [1.807, 2.05) is 18.2 Å². The van der Waals surface area contributed by atoms with Crippen molar-refractivity contribution >= 4 is 5.96 Å². The van der Waals surface area contributed by atoms with Crippen LogP contribution in [0.15, 0.2) is 59.6 Å². The van der Waals surface area contributed by atoms with E-state index in [0.29, 0.717) is 31.8 Å². The molecule has 0 unspecified atom stereocenters. The lowest BCUT2D eigenvalue weighted by Gasteiger charge is -2.23. The van der Waals surface area contributed by atoms with Crippen LogP contribution in [0.3, 0.4) is 0 Å². The first-order chi connectivity index (χ1) is 12.8. The maximum atomic E-state index is 6.02. The molecule has 1 saturated carbocycles. The minimum atomic E-state index is 0.497. The number of hydrogen-bond acceptors (Lipinski definition) is 2. The van der Waals surface area contributed by atoms with Crippen LogP contribution in [0.1, 0.15) is 48.8 Å². The van der Waals surface area contributed by atoms with Crippen LogP contribution < -0.4 is 11.1 Å². The summed E-state index contributed by atoms with van der Waals surface area (Å²) < 4.78 is 5.77. The first-order valence-corrected chi connectivity index (χ1v) is 9.55. The topological polar surface area (TPSA) is 59.6 Å². The van der Waals surface area contributed by atoms with Crippen molar-refractivity contribution in [1.29, 1.82) is 0 Å². The molecule has 0 aliphatic heterocycles. The van der Waals surface area contributed by atoms with E-state index in [2.05, 4.69) is 46.7 Å². The molecule has 3 N–H and O–H groups in total. The summed E-state index contributed by atoms with van der Waals surface area (Å²) in [7, 11) is 0. The number of aliphatic imine (C=N–C) groups is 1. The van der Waals surface area contributed by atoms with Crippen LogP contribution in [-0.2, 0) is 24.5 Å². The molecule has 0 aromatic heterocycles. The van der Waals surface area contributed by atoms with Crippen LogP contribution in [0.25, 0.3) is 0 Å². The van der Waals surface area contributed by atoms with Crippen molar-refractivity contribution < 1.29 is 4.74 Å². The van der Waals surface area contributed by atoms with Gasteiger partial charge in [-0.25, -0.2) is 4.99 Å². The summed E-state index contributed by atoms with van der Waals surface area (Å²) in [6.07, 6.45) is 6.33. The summed E-state index contributed by atoms with van der Waals surface area (Å²) >= 11 is 0. The van der Waals surface area contributed by atoms with E-state index in [4.69, 9.17) is 10.5 Å². The number of nitrogens with one attached hydrogen (secondary N) is 1. The summed E-state index contributed by atoms with van der Waals surface area (Å²) in [6.45, 7) is 1.86. The minimum absolute atomic E-state index is 0.497. The highest BCUT2D eigenvalue weighted by Crippen LogP contribution is 2.17. The molecule has 1 aliphatic carbocycles. The summed E-state index contributed by atoms with van der Waals surface area (Å²) in [5.74, 6) is 0.562. The smallest absolute Gasteiger partial charge is 0.189 e. The fraction of sp³-hybridized carbons (Fsp3) is 0.409. The second-order valence-corrected chi connectivity index (χ2v) is 6.98. The molecule has 3 rings (SSSR count). The minimum Gasteiger partial charge on any atom is -0.372 e. The largest absolute Gasteiger partial charge is 0.372 e. The van der Waals surface area contributed by atoms with Gasteiger partial charge in [0.15, 0.2) is 5.96 Å². The molecule has 2 aromatic rings. The molecule has 0 saturated heterocycles. The number of hydrogen-bond donors (Lipinski definition) is 2. The van der Waals surface area contributed by atoms with Gasteiger partial charge in [0.1, 0.15) is 0 Å². The Morgan fingerprint density at radius 1 is 0.885 bits per heavy atom. The van der Waals surface area contributed by atoms with Crippen molar-refractivity contribution in [3.8, 4) is 0 Å². The highest BCUT2D eigenvalue weighted by Gasteiger charge is 2.13. The van der Waals surface area contributed by atoms with E-state index in [-0.39, 0.29) is 0 Å². The Morgan fingerprint density at radius 2 is 1.50 bits per heavy atom. The van der Waals surface area contributed by atoms with Gasteiger partial charge in [0.05, 0.1) is 19.8 Å². The number of ether oxygens (including phenoxy) is 1. The molecule has 0 spiro atoms. The van der Waals surface area contributed by atoms with E-state index >= 15 is 0 Å². The highest BCUT2D eigenvalue weighted by molar-refractivity contribution is 5.78. The number of nitrogens with zero attached hydrogens (tertiary/aromatic N) is 1. The Labute approximate surface area is 156 Å². The van der Waals surface area contributed by atoms with Gasteiger partial charge in [0.2, 0.25) is 0 Å². The third kappa shape index (κ3) is 6.19. The van der Waals surface area contributed by atoms with Crippen LogP contribution in [0.5, 0.6) is 0 Å². The monoisotopic (exact) mass is 351 g/mol. The van der Waals surface area contributed by atoms with E-state index in [1.165, 1.54) is 43.2 Å². The predicted molar refractivity (Wildman–Crippen MR) is 107 cm³/mol. The van der Waals surface area contributed by atoms with Crippen LogP contribution in [0.4, 0.5) is 0 Å². The SMILES string of the molecule is NC(=NCc1ccc(COCc2ccccc2)cc1)NC1CCCCC1. The van der Waals surface area contributed by atoms with Crippen molar-refractivity contribution in [2.75, 3.05) is 0 Å². The van der Waals surface area contributed by atoms with Crippen molar-refractivity contribution in [3.63, 3.8) is 0 Å². The van der Waals surface area contributed by atoms with Gasteiger partial charge in [0.25, 0.3) is 0 Å². The summed E-state index contributed by atoms with van der Waals surface area (Å²) in [4.78, 5) is 4.47. The predicted octanol–water partition coefficient (Wildman–Crippen LogP) is 4.14. The fourth-order valence-corrected chi connectivity index (χ4v) is 3.28. The Bertz CT molecular complexity index is 676. The summed E-state index contributed by atoms with van der Waals surface area (Å²) in [5, 5.41) is 3.35. The highest BCUT2D eigenvalue weighted by atomic mass is 16.5. The molecule has 0 amide bonds. The third-order valence-corrected chi connectivity index (χ3v) is 4.79. The first kappa shape index (κ1) is 18.5. The molecule has 4 nitrogen and oxygen atoms in total. The molecular weight excluding hydrogens is 322 g/mol. The number of rotatable bonds is 7. The second-order valence-electron chi connectivity index (χ2n) is 6.98. The van der Waals surface area contributed by atoms with Crippen LogP contribution in [0.2, 0.25) is 0 Å². The maximum Gasteiger partial charge on any atom is 0.189 e. The van der Waals surface area contributed by atoms with Crippen molar-refractivity contribution in [2.24, 2.45) is 10.7 Å². The van der Waals surface area contributed by atoms with E-state index in [1.54, 1.807) is 0 Å². The molecule has 26 heavy (non-hydrogen) atoms. The van der Waals surface area contributed by atoms with Crippen LogP contribution >= 0.6 is 0 Å². The van der Waals surface area contributed by atoms with Crippen LogP contribution in [-0.4, -0.2) is 12.0 Å². The molecule has 1 fully saturated rings. The lowest BCUT2D eigenvalue weighted by Crippen LogP contribution is -2.41.